The van der Waals surface area contributed by atoms with E-state index < -0.39 is 12.6 Å². The summed E-state index contributed by atoms with van der Waals surface area (Å²) in [7, 11) is 1.68. The number of hydrogen-bond donors (Lipinski definition) is 2. The highest BCUT2D eigenvalue weighted by atomic mass is 127. The molecular weight excluding hydrogens is 410 g/mol. The Morgan fingerprint density at radius 1 is 1.32 bits per heavy atom. The van der Waals surface area contributed by atoms with E-state index >= 15 is 0 Å². The molecule has 0 aromatic carbocycles. The molecule has 0 heterocycles. The van der Waals surface area contributed by atoms with E-state index in [9.17, 15) is 13.2 Å². The van der Waals surface area contributed by atoms with E-state index in [-0.39, 0.29) is 47.6 Å². The normalized spacial score (nSPS) is 27.6. The van der Waals surface area contributed by atoms with E-state index in [1.807, 2.05) is 13.8 Å². The van der Waals surface area contributed by atoms with E-state index in [0.717, 1.165) is 6.42 Å². The largest absolute Gasteiger partial charge is 0.390 e. The van der Waals surface area contributed by atoms with Crippen molar-refractivity contribution in [3.8, 4) is 0 Å². The summed E-state index contributed by atoms with van der Waals surface area (Å²) in [5.74, 6) is 0.429. The maximum atomic E-state index is 12.2. The van der Waals surface area contributed by atoms with Crippen molar-refractivity contribution in [1.82, 2.24) is 10.6 Å². The Bertz CT molecular complexity index is 388. The molecule has 22 heavy (non-hydrogen) atoms. The molecule has 0 aliphatic heterocycles. The van der Waals surface area contributed by atoms with E-state index in [4.69, 9.17) is 4.74 Å². The molecule has 1 rings (SSSR count). The molecule has 0 saturated heterocycles. The van der Waals surface area contributed by atoms with Gasteiger partial charge >= 0.3 is 6.18 Å². The number of hydrogen-bond acceptors (Lipinski definition) is 2. The molecule has 0 spiro atoms. The lowest BCUT2D eigenvalue weighted by molar-refractivity contribution is -0.176. The van der Waals surface area contributed by atoms with Gasteiger partial charge in [-0.2, -0.15) is 13.2 Å². The zero-order valence-corrected chi connectivity index (χ0v) is 16.1. The molecule has 0 aromatic heterocycles. The smallest absolute Gasteiger partial charge is 0.378 e. The SMILES string of the molecule is CCNC(=NCCC(F)(F)F)NC1CC(C)(OC)C1(C)C.I. The van der Waals surface area contributed by atoms with Gasteiger partial charge in [-0.25, -0.2) is 0 Å². The van der Waals surface area contributed by atoms with Crippen molar-refractivity contribution in [2.45, 2.75) is 58.4 Å². The third kappa shape index (κ3) is 5.14. The predicted octanol–water partition coefficient (Wildman–Crippen LogP) is 3.32. The average molecular weight is 437 g/mol. The lowest BCUT2D eigenvalue weighted by Gasteiger charge is -2.59. The molecule has 0 radical (unpaired) electrons. The Kier molecular flexibility index (Phi) is 7.94. The zero-order chi connectivity index (χ0) is 16.3. The second-order valence-corrected chi connectivity index (χ2v) is 6.18. The molecule has 2 unspecified atom stereocenters. The van der Waals surface area contributed by atoms with E-state index in [2.05, 4.69) is 29.5 Å². The van der Waals surface area contributed by atoms with E-state index in [1.165, 1.54) is 0 Å². The Labute approximate surface area is 147 Å². The molecule has 1 aliphatic rings. The van der Waals surface area contributed by atoms with Crippen LogP contribution in [0.5, 0.6) is 0 Å². The van der Waals surface area contributed by atoms with Gasteiger partial charge in [0.25, 0.3) is 0 Å². The van der Waals surface area contributed by atoms with Gasteiger partial charge in [0.05, 0.1) is 18.6 Å². The molecule has 0 bridgehead atoms. The Morgan fingerprint density at radius 2 is 1.91 bits per heavy atom. The second kappa shape index (κ2) is 8.03. The molecule has 1 saturated carbocycles. The van der Waals surface area contributed by atoms with Crippen LogP contribution in [0.15, 0.2) is 4.99 Å². The summed E-state index contributed by atoms with van der Waals surface area (Å²) >= 11 is 0. The minimum absolute atomic E-state index is 0. The van der Waals surface area contributed by atoms with E-state index in [0.29, 0.717) is 12.5 Å². The van der Waals surface area contributed by atoms with Gasteiger partial charge in [-0.05, 0) is 20.3 Å². The summed E-state index contributed by atoms with van der Waals surface area (Å²) < 4.78 is 42.1. The number of aliphatic imine (C=N–C) groups is 1. The molecular formula is C14H27F3IN3O. The van der Waals surface area contributed by atoms with Crippen molar-refractivity contribution in [3.05, 3.63) is 0 Å². The summed E-state index contributed by atoms with van der Waals surface area (Å²) in [6.07, 6.45) is -4.29. The Balaban J connectivity index is 0.00000441. The first-order valence-corrected chi connectivity index (χ1v) is 7.22. The highest BCUT2D eigenvalue weighted by molar-refractivity contribution is 14.0. The van der Waals surface area contributed by atoms with Crippen molar-refractivity contribution in [1.29, 1.82) is 0 Å². The van der Waals surface area contributed by atoms with Crippen LogP contribution >= 0.6 is 24.0 Å². The Morgan fingerprint density at radius 3 is 2.32 bits per heavy atom. The lowest BCUT2D eigenvalue weighted by atomic mass is 9.56. The molecule has 2 atom stereocenters. The van der Waals surface area contributed by atoms with Crippen LogP contribution in [0.25, 0.3) is 0 Å². The van der Waals surface area contributed by atoms with Crippen LogP contribution < -0.4 is 10.6 Å². The number of ether oxygens (including phenoxy) is 1. The highest BCUT2D eigenvalue weighted by Crippen LogP contribution is 2.51. The number of guanidine groups is 1. The first-order chi connectivity index (χ1) is 9.55. The van der Waals surface area contributed by atoms with Crippen LogP contribution in [0.1, 0.15) is 40.5 Å². The first-order valence-electron chi connectivity index (χ1n) is 7.22. The van der Waals surface area contributed by atoms with Crippen LogP contribution in [-0.4, -0.2) is 44.0 Å². The number of nitrogens with one attached hydrogen (secondary N) is 2. The van der Waals surface area contributed by atoms with Gasteiger partial charge < -0.3 is 15.4 Å². The number of halogens is 4. The number of methoxy groups -OCH3 is 1. The fraction of sp³-hybridized carbons (Fsp3) is 0.929. The van der Waals surface area contributed by atoms with Crippen LogP contribution in [0.3, 0.4) is 0 Å². The van der Waals surface area contributed by atoms with Gasteiger partial charge in [-0.3, -0.25) is 4.99 Å². The van der Waals surface area contributed by atoms with Crippen molar-refractivity contribution in [3.63, 3.8) is 0 Å². The fourth-order valence-corrected chi connectivity index (χ4v) is 2.50. The molecule has 2 N–H and O–H groups in total. The fourth-order valence-electron chi connectivity index (χ4n) is 2.50. The second-order valence-electron chi connectivity index (χ2n) is 6.18. The molecule has 8 heteroatoms. The summed E-state index contributed by atoms with van der Waals surface area (Å²) in [5.41, 5.74) is -0.351. The minimum atomic E-state index is -4.18. The third-order valence-electron chi connectivity index (χ3n) is 4.60. The highest BCUT2D eigenvalue weighted by Gasteiger charge is 2.58. The molecule has 4 nitrogen and oxygen atoms in total. The first kappa shape index (κ1) is 21.8. The number of rotatable bonds is 5. The van der Waals surface area contributed by atoms with Crippen LogP contribution in [0.2, 0.25) is 0 Å². The van der Waals surface area contributed by atoms with Gasteiger partial charge in [0.15, 0.2) is 5.96 Å². The van der Waals surface area contributed by atoms with Crippen LogP contribution in [-0.2, 0) is 4.74 Å². The van der Waals surface area contributed by atoms with Gasteiger partial charge in [-0.15, -0.1) is 24.0 Å². The summed E-state index contributed by atoms with van der Waals surface area (Å²) in [5, 5.41) is 6.19. The predicted molar refractivity (Wildman–Crippen MR) is 92.8 cm³/mol. The van der Waals surface area contributed by atoms with Crippen molar-refractivity contribution in [2.24, 2.45) is 10.4 Å². The molecule has 1 fully saturated rings. The van der Waals surface area contributed by atoms with E-state index in [1.54, 1.807) is 7.11 Å². The zero-order valence-electron chi connectivity index (χ0n) is 13.8. The van der Waals surface area contributed by atoms with Gasteiger partial charge in [0.2, 0.25) is 0 Å². The quantitative estimate of drug-likeness (QED) is 0.394. The summed E-state index contributed by atoms with van der Waals surface area (Å²) in [6.45, 7) is 8.42. The van der Waals surface area contributed by atoms with Crippen LogP contribution in [0.4, 0.5) is 13.2 Å². The van der Waals surface area contributed by atoms with Crippen LogP contribution in [0, 0.1) is 5.41 Å². The summed E-state index contributed by atoms with van der Waals surface area (Å²) in [6, 6.07) is 0.117. The Hall–Kier alpha value is -0.250. The van der Waals surface area contributed by atoms with Crippen molar-refractivity contribution >= 4 is 29.9 Å². The molecule has 0 aromatic rings. The summed E-state index contributed by atoms with van der Waals surface area (Å²) in [4.78, 5) is 3.99. The maximum Gasteiger partial charge on any atom is 0.390 e. The van der Waals surface area contributed by atoms with Gasteiger partial charge in [-0.1, -0.05) is 13.8 Å². The number of alkyl halides is 3. The van der Waals surface area contributed by atoms with Gasteiger partial charge in [0, 0.05) is 25.1 Å². The molecule has 132 valence electrons. The monoisotopic (exact) mass is 437 g/mol. The molecule has 1 aliphatic carbocycles. The standard InChI is InChI=1S/C14H26F3N3O.HI/c1-6-18-11(19-8-7-14(15,16)17)20-10-9-13(4,21-5)12(10,2)3;/h10H,6-9H2,1-5H3,(H2,18,19,20);1H. The van der Waals surface area contributed by atoms with Gasteiger partial charge in [0.1, 0.15) is 0 Å². The molecule has 0 amide bonds. The van der Waals surface area contributed by atoms with Crippen molar-refractivity contribution < 1.29 is 17.9 Å². The number of nitrogens with zero attached hydrogens (tertiary/aromatic N) is 1. The lowest BCUT2D eigenvalue weighted by Crippen LogP contribution is -2.69. The topological polar surface area (TPSA) is 45.7 Å². The minimum Gasteiger partial charge on any atom is -0.378 e. The average Bonchev–Trinajstić information content (AvgIpc) is 2.36. The maximum absolute atomic E-state index is 12.2. The third-order valence-corrected chi connectivity index (χ3v) is 4.60. The van der Waals surface area contributed by atoms with Crippen molar-refractivity contribution in [2.75, 3.05) is 20.2 Å².